The molecule has 0 aromatic rings. The first-order chi connectivity index (χ1) is 12.7. The maximum Gasteiger partial charge on any atom is 0.333 e. The maximum absolute atomic E-state index is 11.9. The van der Waals surface area contributed by atoms with E-state index in [1.165, 1.54) is 20.8 Å². The van der Waals surface area contributed by atoms with Crippen LogP contribution in [-0.4, -0.2) is 49.8 Å². The molecule has 0 spiro atoms. The predicted octanol–water partition coefficient (Wildman–Crippen LogP) is 2.72. The summed E-state index contributed by atoms with van der Waals surface area (Å²) in [7, 11) is 0. The summed E-state index contributed by atoms with van der Waals surface area (Å²) in [4.78, 5) is 35.7. The molecule has 0 saturated heterocycles. The van der Waals surface area contributed by atoms with Gasteiger partial charge in [0.1, 0.15) is 25.4 Å². The van der Waals surface area contributed by atoms with Crippen LogP contribution < -0.4 is 5.32 Å². The molecule has 0 unspecified atom stereocenters. The lowest BCUT2D eigenvalue weighted by atomic mass is 9.94. The molecule has 0 heterocycles. The minimum atomic E-state index is -1.14. The third kappa shape index (κ3) is 10.1. The first kappa shape index (κ1) is 25.6. The molecule has 7 heteroatoms. The Morgan fingerprint density at radius 2 is 1.00 bits per heavy atom. The Labute approximate surface area is 167 Å². The summed E-state index contributed by atoms with van der Waals surface area (Å²) in [6.07, 6.45) is 0. The van der Waals surface area contributed by atoms with Gasteiger partial charge >= 0.3 is 17.9 Å². The van der Waals surface area contributed by atoms with Gasteiger partial charge in [-0.05, 0) is 26.2 Å². The minimum absolute atomic E-state index is 0.139. The summed E-state index contributed by atoms with van der Waals surface area (Å²) in [6, 6.07) is 0. The Morgan fingerprint density at radius 1 is 0.714 bits per heavy atom. The molecule has 1 N–H and O–H groups in total. The van der Waals surface area contributed by atoms with Crippen LogP contribution in [0, 0.1) is 5.41 Å². The Balaban J connectivity index is 5.62. The van der Waals surface area contributed by atoms with Crippen molar-refractivity contribution in [2.24, 2.45) is 5.41 Å². The number of hydrogen-bond acceptors (Lipinski definition) is 7. The van der Waals surface area contributed by atoms with Crippen molar-refractivity contribution >= 4 is 17.9 Å². The van der Waals surface area contributed by atoms with E-state index in [1.807, 2.05) is 20.8 Å². The van der Waals surface area contributed by atoms with E-state index in [2.05, 4.69) is 25.1 Å². The molecule has 0 rings (SSSR count). The highest BCUT2D eigenvalue weighted by atomic mass is 16.6. The summed E-state index contributed by atoms with van der Waals surface area (Å²) in [6.45, 7) is 21.1. The Morgan fingerprint density at radius 3 is 1.21 bits per heavy atom. The van der Waals surface area contributed by atoms with E-state index in [-0.39, 0.29) is 42.0 Å². The molecule has 0 aliphatic carbocycles. The maximum atomic E-state index is 11.9. The molecule has 0 saturated carbocycles. The molecule has 0 fully saturated rings. The topological polar surface area (TPSA) is 90.9 Å². The lowest BCUT2D eigenvalue weighted by Crippen LogP contribution is -2.59. The Bertz CT molecular complexity index is 568. The lowest BCUT2D eigenvalue weighted by molar-refractivity contribution is -0.152. The third-order valence-corrected chi connectivity index (χ3v) is 3.48. The van der Waals surface area contributed by atoms with Crippen LogP contribution in [0.25, 0.3) is 0 Å². The van der Waals surface area contributed by atoms with Gasteiger partial charge in [-0.15, -0.1) is 0 Å². The van der Waals surface area contributed by atoms with Gasteiger partial charge in [-0.1, -0.05) is 40.5 Å². The van der Waals surface area contributed by atoms with Gasteiger partial charge in [-0.3, -0.25) is 0 Å². The van der Waals surface area contributed by atoms with Crippen molar-refractivity contribution in [2.45, 2.75) is 47.1 Å². The molecule has 7 nitrogen and oxygen atoms in total. The Hall–Kier alpha value is -2.41. The van der Waals surface area contributed by atoms with Crippen LogP contribution in [0.15, 0.2) is 36.5 Å². The number of nitrogens with one attached hydrogen (secondary N) is 1. The molecule has 0 aromatic heterocycles. The fourth-order valence-electron chi connectivity index (χ4n) is 1.71. The van der Waals surface area contributed by atoms with E-state index in [4.69, 9.17) is 14.2 Å². The van der Waals surface area contributed by atoms with Crippen molar-refractivity contribution in [2.75, 3.05) is 26.4 Å². The molecule has 0 bridgehead atoms. The molecule has 0 amide bonds. The second kappa shape index (κ2) is 10.8. The smallest absolute Gasteiger partial charge is 0.333 e. The van der Waals surface area contributed by atoms with E-state index in [9.17, 15) is 14.4 Å². The molecule has 158 valence electrons. The van der Waals surface area contributed by atoms with Gasteiger partial charge in [0.05, 0.1) is 0 Å². The quantitative estimate of drug-likeness (QED) is 0.327. The number of ether oxygens (including phenoxy) is 3. The zero-order chi connectivity index (χ0) is 22.1. The van der Waals surface area contributed by atoms with E-state index < -0.39 is 23.4 Å². The summed E-state index contributed by atoms with van der Waals surface area (Å²) in [5.74, 6) is -1.79. The van der Waals surface area contributed by atoms with Gasteiger partial charge in [0, 0.05) is 23.3 Å². The third-order valence-electron chi connectivity index (χ3n) is 3.48. The average Bonchev–Trinajstić information content (AvgIpc) is 2.58. The van der Waals surface area contributed by atoms with Gasteiger partial charge in [0.25, 0.3) is 0 Å². The van der Waals surface area contributed by atoms with E-state index in [0.717, 1.165) is 0 Å². The second-order valence-electron chi connectivity index (χ2n) is 8.26. The summed E-state index contributed by atoms with van der Waals surface area (Å²) < 4.78 is 15.9. The number of esters is 3. The molecule has 0 aromatic carbocycles. The van der Waals surface area contributed by atoms with E-state index >= 15 is 0 Å². The van der Waals surface area contributed by atoms with Crippen molar-refractivity contribution in [1.82, 2.24) is 5.32 Å². The average molecular weight is 395 g/mol. The predicted molar refractivity (Wildman–Crippen MR) is 108 cm³/mol. The highest BCUT2D eigenvalue weighted by Gasteiger charge is 2.37. The molecular weight excluding hydrogens is 362 g/mol. The minimum Gasteiger partial charge on any atom is -0.460 e. The summed E-state index contributed by atoms with van der Waals surface area (Å²) in [5.41, 5.74) is -0.609. The standard InChI is InChI=1S/C21H33NO6/c1-14(2)17(23)26-11-21(22-10-20(7,8)9,12-27-18(24)15(3)4)13-28-19(25)16(5)6/h22H,1,3,5,10-13H2,2,4,6-9H3. The SMILES string of the molecule is C=C(C)C(=O)OCC(COC(=O)C(=C)C)(COC(=O)C(=C)C)NCC(C)(C)C. The molecule has 0 aliphatic heterocycles. The fraction of sp³-hybridized carbons (Fsp3) is 0.571. The van der Waals surface area contributed by atoms with Gasteiger partial charge < -0.3 is 19.5 Å². The second-order valence-corrected chi connectivity index (χ2v) is 8.26. The number of hydrogen-bond donors (Lipinski definition) is 1. The number of carbonyl (C=O) groups is 3. The highest BCUT2D eigenvalue weighted by Crippen LogP contribution is 2.17. The van der Waals surface area contributed by atoms with Crippen LogP contribution >= 0.6 is 0 Å². The summed E-state index contributed by atoms with van der Waals surface area (Å²) in [5, 5.41) is 3.24. The van der Waals surface area contributed by atoms with E-state index in [1.54, 1.807) is 0 Å². The van der Waals surface area contributed by atoms with Crippen LogP contribution in [-0.2, 0) is 28.6 Å². The molecular formula is C21H33NO6. The van der Waals surface area contributed by atoms with Crippen LogP contribution in [0.4, 0.5) is 0 Å². The zero-order valence-corrected chi connectivity index (χ0v) is 17.9. The van der Waals surface area contributed by atoms with Crippen LogP contribution in [0.1, 0.15) is 41.5 Å². The van der Waals surface area contributed by atoms with Crippen molar-refractivity contribution in [3.63, 3.8) is 0 Å². The van der Waals surface area contributed by atoms with Gasteiger partial charge in [0.2, 0.25) is 0 Å². The van der Waals surface area contributed by atoms with Crippen LogP contribution in [0.5, 0.6) is 0 Å². The van der Waals surface area contributed by atoms with Gasteiger partial charge in [-0.25, -0.2) is 14.4 Å². The van der Waals surface area contributed by atoms with Gasteiger partial charge in [0.15, 0.2) is 0 Å². The normalized spacial score (nSPS) is 11.4. The number of carbonyl (C=O) groups excluding carboxylic acids is 3. The van der Waals surface area contributed by atoms with Crippen LogP contribution in [0.3, 0.4) is 0 Å². The number of rotatable bonds is 11. The highest BCUT2D eigenvalue weighted by molar-refractivity contribution is 5.88. The summed E-state index contributed by atoms with van der Waals surface area (Å²) >= 11 is 0. The van der Waals surface area contributed by atoms with Crippen molar-refractivity contribution < 1.29 is 28.6 Å². The molecule has 0 atom stereocenters. The Kier molecular flexibility index (Phi) is 9.87. The van der Waals surface area contributed by atoms with Crippen LogP contribution in [0.2, 0.25) is 0 Å². The monoisotopic (exact) mass is 395 g/mol. The van der Waals surface area contributed by atoms with Gasteiger partial charge in [-0.2, -0.15) is 0 Å². The first-order valence-electron chi connectivity index (χ1n) is 8.92. The van der Waals surface area contributed by atoms with Crippen molar-refractivity contribution in [1.29, 1.82) is 0 Å². The first-order valence-corrected chi connectivity index (χ1v) is 8.92. The lowest BCUT2D eigenvalue weighted by Gasteiger charge is -2.35. The van der Waals surface area contributed by atoms with Crippen molar-refractivity contribution in [3.05, 3.63) is 36.5 Å². The van der Waals surface area contributed by atoms with E-state index in [0.29, 0.717) is 6.54 Å². The molecule has 0 aliphatic rings. The fourth-order valence-corrected chi connectivity index (χ4v) is 1.71. The van der Waals surface area contributed by atoms with Crippen molar-refractivity contribution in [3.8, 4) is 0 Å². The largest absolute Gasteiger partial charge is 0.460 e. The molecule has 28 heavy (non-hydrogen) atoms. The zero-order valence-electron chi connectivity index (χ0n) is 17.9. The molecule has 0 radical (unpaired) electrons.